The van der Waals surface area contributed by atoms with Crippen molar-refractivity contribution in [2.45, 2.75) is 53.2 Å². The van der Waals surface area contributed by atoms with E-state index in [0.717, 1.165) is 0 Å². The van der Waals surface area contributed by atoms with Gasteiger partial charge in [-0.2, -0.15) is 17.7 Å². The van der Waals surface area contributed by atoms with Crippen LogP contribution in [0.3, 0.4) is 0 Å². The largest absolute Gasteiger partial charge is 1.00 e. The molecule has 25 heavy (non-hydrogen) atoms. The molecule has 1 radical (unpaired) electrons. The Morgan fingerprint density at radius 2 is 1.76 bits per heavy atom. The molecule has 0 bridgehead atoms. The number of hydrogen-bond acceptors (Lipinski definition) is 2. The first-order chi connectivity index (χ1) is 11.3. The predicted octanol–water partition coefficient (Wildman–Crippen LogP) is 5.12. The molecule has 2 aromatic carbocycles. The van der Waals surface area contributed by atoms with Crippen LogP contribution in [0.15, 0.2) is 36.5 Å². The van der Waals surface area contributed by atoms with Crippen molar-refractivity contribution in [2.24, 2.45) is 0 Å². The summed E-state index contributed by atoms with van der Waals surface area (Å²) < 4.78 is 0. The van der Waals surface area contributed by atoms with E-state index in [-0.39, 0.29) is 25.0 Å². The molecule has 2 heterocycles. The zero-order valence-electron chi connectivity index (χ0n) is 15.8. The van der Waals surface area contributed by atoms with Crippen molar-refractivity contribution in [3.63, 3.8) is 0 Å². The van der Waals surface area contributed by atoms with E-state index in [2.05, 4.69) is 93.9 Å². The fourth-order valence-electron chi connectivity index (χ4n) is 4.48. The van der Waals surface area contributed by atoms with Crippen molar-refractivity contribution >= 4 is 11.4 Å². The second-order valence-electron chi connectivity index (χ2n) is 7.60. The van der Waals surface area contributed by atoms with Gasteiger partial charge in [-0.15, -0.1) is 11.1 Å². The van der Waals surface area contributed by atoms with Crippen molar-refractivity contribution < 1.29 is 19.5 Å². The Balaban J connectivity index is 0.00000182. The van der Waals surface area contributed by atoms with E-state index in [0.29, 0.717) is 6.17 Å². The fourth-order valence-corrected chi connectivity index (χ4v) is 4.48. The minimum absolute atomic E-state index is 0. The van der Waals surface area contributed by atoms with E-state index < -0.39 is 0 Å². The Bertz CT molecular complexity index is 866. The van der Waals surface area contributed by atoms with Crippen LogP contribution in [0.1, 0.15) is 48.6 Å². The monoisotopic (exact) mass is 419 g/mol. The summed E-state index contributed by atoms with van der Waals surface area (Å²) in [5.41, 5.74) is 9.31. The minimum atomic E-state index is 0. The van der Waals surface area contributed by atoms with Crippen molar-refractivity contribution in [1.82, 2.24) is 4.90 Å². The number of aryl methyl sites for hydroxylation is 2. The van der Waals surface area contributed by atoms with Gasteiger partial charge in [0, 0.05) is 11.8 Å². The average Bonchev–Trinajstić information content (AvgIpc) is 3.00. The van der Waals surface area contributed by atoms with Gasteiger partial charge in [-0.25, -0.2) is 0 Å². The molecule has 0 spiro atoms. The Kier molecular flexibility index (Phi) is 4.36. The van der Waals surface area contributed by atoms with E-state index in [9.17, 15) is 0 Å². The molecule has 0 unspecified atom stereocenters. The van der Waals surface area contributed by atoms with Crippen LogP contribution in [0.4, 0.5) is 5.69 Å². The fraction of sp³-hybridized carbons (Fsp3) is 0.364. The van der Waals surface area contributed by atoms with Crippen molar-refractivity contribution in [1.29, 1.82) is 0 Å². The molecule has 0 N–H and O–H groups in total. The number of anilines is 1. The van der Waals surface area contributed by atoms with Gasteiger partial charge in [0.05, 0.1) is 11.2 Å². The normalized spacial score (nSPS) is 20.1. The van der Waals surface area contributed by atoms with Gasteiger partial charge >= 0.3 is 19.5 Å². The maximum Gasteiger partial charge on any atom is 1.00 e. The van der Waals surface area contributed by atoms with Crippen LogP contribution in [0, 0.1) is 26.8 Å². The van der Waals surface area contributed by atoms with Gasteiger partial charge < -0.3 is 9.80 Å². The third kappa shape index (κ3) is 2.39. The molecule has 2 aliphatic heterocycles. The van der Waals surface area contributed by atoms with Crippen molar-refractivity contribution in [3.8, 4) is 0 Å². The summed E-state index contributed by atoms with van der Waals surface area (Å²) in [5.74, 6) is 0. The Labute approximate surface area is 164 Å². The summed E-state index contributed by atoms with van der Waals surface area (Å²) in [6.45, 7) is 13.5. The molecule has 0 saturated carbocycles. The van der Waals surface area contributed by atoms with Crippen LogP contribution in [0.2, 0.25) is 0 Å². The summed E-state index contributed by atoms with van der Waals surface area (Å²) in [5, 5.41) is 0. The molecule has 2 aliphatic rings. The molecule has 0 saturated heterocycles. The SMILES string of the molecule is Cc1[c-]cc(C)c(N2C=C3c4ccccc4C(C)(C)N3[C@@H]2C)c1C.[Ru+]. The van der Waals surface area contributed by atoms with Gasteiger partial charge in [0.2, 0.25) is 0 Å². The topological polar surface area (TPSA) is 6.48 Å². The van der Waals surface area contributed by atoms with Crippen LogP contribution in [-0.4, -0.2) is 11.1 Å². The second-order valence-corrected chi connectivity index (χ2v) is 7.60. The molecular formula is C22H25N2Ru. The molecule has 2 aromatic rings. The van der Waals surface area contributed by atoms with E-state index in [4.69, 9.17) is 0 Å². The second kappa shape index (κ2) is 5.99. The standard InChI is InChI=1S/C22H25N2.Ru/c1-14-11-12-15(2)21(16(14)3)23-13-20-18-9-7-8-10-19(18)22(5,6)24(20)17(23)4;/h7-10,12-13,17H,1-6H3;/q-1;+1/t17-;/m1./s1. The molecule has 3 heteroatoms. The summed E-state index contributed by atoms with van der Waals surface area (Å²) in [6.07, 6.45) is 2.63. The third-order valence-electron chi connectivity index (χ3n) is 5.82. The molecule has 0 aromatic heterocycles. The van der Waals surface area contributed by atoms with E-state index in [1.54, 1.807) is 0 Å². The Hall–Kier alpha value is -1.60. The average molecular weight is 419 g/mol. The first kappa shape index (κ1) is 18.2. The number of nitrogens with zero attached hydrogens (tertiary/aromatic N) is 2. The molecule has 131 valence electrons. The molecule has 0 aliphatic carbocycles. The predicted molar refractivity (Wildman–Crippen MR) is 101 cm³/mol. The van der Waals surface area contributed by atoms with Crippen LogP contribution in [0.5, 0.6) is 0 Å². The first-order valence-corrected chi connectivity index (χ1v) is 8.72. The van der Waals surface area contributed by atoms with E-state index in [1.165, 1.54) is 39.2 Å². The first-order valence-electron chi connectivity index (χ1n) is 8.72. The summed E-state index contributed by atoms with van der Waals surface area (Å²) in [4.78, 5) is 5.00. The van der Waals surface area contributed by atoms with Crippen molar-refractivity contribution in [2.75, 3.05) is 4.90 Å². The van der Waals surface area contributed by atoms with Gasteiger partial charge in [-0.05, 0) is 26.3 Å². The molecule has 2 nitrogen and oxygen atoms in total. The van der Waals surface area contributed by atoms with Crippen LogP contribution < -0.4 is 4.90 Å². The minimum Gasteiger partial charge on any atom is -0.348 e. The summed E-state index contributed by atoms with van der Waals surface area (Å²) in [6, 6.07) is 14.3. The number of hydrogen-bond donors (Lipinski definition) is 0. The van der Waals surface area contributed by atoms with Crippen LogP contribution >= 0.6 is 0 Å². The molecule has 1 atom stereocenters. The zero-order valence-corrected chi connectivity index (χ0v) is 17.5. The molecule has 4 rings (SSSR count). The quantitative estimate of drug-likeness (QED) is 0.468. The smallest absolute Gasteiger partial charge is 0.348 e. The van der Waals surface area contributed by atoms with Gasteiger partial charge in [-0.3, -0.25) is 0 Å². The summed E-state index contributed by atoms with van der Waals surface area (Å²) in [7, 11) is 0. The van der Waals surface area contributed by atoms with Crippen LogP contribution in [0.25, 0.3) is 5.70 Å². The van der Waals surface area contributed by atoms with Gasteiger partial charge in [0.25, 0.3) is 0 Å². The molecule has 0 amide bonds. The maximum absolute atomic E-state index is 3.37. The van der Waals surface area contributed by atoms with Crippen molar-refractivity contribution in [3.05, 3.63) is 70.4 Å². The zero-order chi connectivity index (χ0) is 17.2. The van der Waals surface area contributed by atoms with Gasteiger partial charge in [0.15, 0.2) is 0 Å². The maximum atomic E-state index is 3.37. The molecule has 0 fully saturated rings. The number of benzene rings is 2. The summed E-state index contributed by atoms with van der Waals surface area (Å²) >= 11 is 0. The number of rotatable bonds is 1. The Morgan fingerprint density at radius 1 is 1.08 bits per heavy atom. The van der Waals surface area contributed by atoms with E-state index in [1.807, 2.05) is 0 Å². The van der Waals surface area contributed by atoms with Gasteiger partial charge in [0.1, 0.15) is 6.17 Å². The van der Waals surface area contributed by atoms with Crippen LogP contribution in [-0.2, 0) is 25.0 Å². The molecular weight excluding hydrogens is 393 g/mol. The van der Waals surface area contributed by atoms with Gasteiger partial charge in [-0.1, -0.05) is 50.7 Å². The third-order valence-corrected chi connectivity index (χ3v) is 5.82. The Morgan fingerprint density at radius 3 is 2.48 bits per heavy atom. The number of fused-ring (bicyclic) bond motifs is 3. The van der Waals surface area contributed by atoms with E-state index >= 15 is 0 Å².